The van der Waals surface area contributed by atoms with Crippen LogP contribution in [-0.2, 0) is 9.53 Å². The second-order valence-corrected chi connectivity index (χ2v) is 2.17. The number of halogens is 1. The zero-order chi connectivity index (χ0) is 7.98. The Hall–Kier alpha value is 0.160. The van der Waals surface area contributed by atoms with Crippen LogP contribution in [0.15, 0.2) is 0 Å². The molecule has 0 rings (SSSR count). The summed E-state index contributed by atoms with van der Waals surface area (Å²) in [5, 5.41) is 0. The van der Waals surface area contributed by atoms with Gasteiger partial charge in [0.1, 0.15) is 0 Å². The summed E-state index contributed by atoms with van der Waals surface area (Å²) < 4.78 is 4.78. The number of esters is 1. The first-order valence-corrected chi connectivity index (χ1v) is 3.65. The lowest BCUT2D eigenvalue weighted by Gasteiger charge is -2.10. The normalized spacial score (nSPS) is 11.5. The zero-order valence-corrected chi connectivity index (χ0v) is 9.33. The summed E-state index contributed by atoms with van der Waals surface area (Å²) in [4.78, 5) is 10.6. The molecule has 0 aromatic rings. The smallest absolute Gasteiger partial charge is 0.307 e. The van der Waals surface area contributed by atoms with Gasteiger partial charge < -0.3 is 4.74 Å². The summed E-state index contributed by atoms with van der Waals surface area (Å²) >= 11 is 0. The predicted molar refractivity (Wildman–Crippen MR) is 54.7 cm³/mol. The van der Waals surface area contributed by atoms with Crippen LogP contribution in [0.2, 0.25) is 0 Å². The van der Waals surface area contributed by atoms with E-state index in [2.05, 4.69) is 0 Å². The third-order valence-electron chi connectivity index (χ3n) is 1.14. The summed E-state index contributed by atoms with van der Waals surface area (Å²) in [6.45, 7) is 3.75. The second kappa shape index (κ2) is 8.26. The summed E-state index contributed by atoms with van der Waals surface area (Å²) in [6.07, 6.45) is 1.68. The predicted octanol–water partition coefficient (Wildman–Crippen LogP) is 1.64. The average molecular weight is 273 g/mol. The van der Waals surface area contributed by atoms with Crippen LogP contribution in [0.25, 0.3) is 0 Å². The first-order chi connectivity index (χ1) is 4.70. The molecule has 0 amide bonds. The molecule has 11 heavy (non-hydrogen) atoms. The Morgan fingerprint density at radius 2 is 2.09 bits per heavy atom. The van der Waals surface area contributed by atoms with Gasteiger partial charge in [-0.05, 0) is 6.42 Å². The van der Waals surface area contributed by atoms with Crippen LogP contribution in [0.5, 0.6) is 0 Å². The van der Waals surface area contributed by atoms with Crippen LogP contribution in [0, 0.1) is 0 Å². The van der Waals surface area contributed by atoms with Gasteiger partial charge in [-0.3, -0.25) is 10.5 Å². The Bertz CT molecular complexity index is 109. The Labute approximate surface area is 84.7 Å². The minimum Gasteiger partial charge on any atom is -0.447 e. The third kappa shape index (κ3) is 8.06. The molecule has 0 saturated carbocycles. The van der Waals surface area contributed by atoms with E-state index in [-0.39, 0.29) is 29.9 Å². The molecule has 3 nitrogen and oxygen atoms in total. The molecule has 0 saturated heterocycles. The number of nitrogens with two attached hydrogens (primary N) is 1. The van der Waals surface area contributed by atoms with Crippen molar-refractivity contribution in [3.63, 3.8) is 0 Å². The van der Waals surface area contributed by atoms with E-state index in [1.54, 1.807) is 6.92 Å². The van der Waals surface area contributed by atoms with Gasteiger partial charge >= 0.3 is 5.97 Å². The molecule has 1 atom stereocenters. The van der Waals surface area contributed by atoms with Gasteiger partial charge in [-0.25, -0.2) is 0 Å². The van der Waals surface area contributed by atoms with E-state index in [0.717, 1.165) is 12.8 Å². The molecule has 0 aliphatic rings. The van der Waals surface area contributed by atoms with Crippen molar-refractivity contribution >= 4 is 29.9 Å². The summed E-state index contributed by atoms with van der Waals surface area (Å²) in [7, 11) is 0. The van der Waals surface area contributed by atoms with Crippen LogP contribution in [0.3, 0.4) is 0 Å². The Morgan fingerprint density at radius 1 is 1.55 bits per heavy atom. The molecule has 2 N–H and O–H groups in total. The molecule has 4 heteroatoms. The van der Waals surface area contributed by atoms with Crippen molar-refractivity contribution in [3.8, 4) is 0 Å². The number of ether oxygens (including phenoxy) is 1. The van der Waals surface area contributed by atoms with E-state index < -0.39 is 6.23 Å². The number of hydrogen-bond donors (Lipinski definition) is 1. The van der Waals surface area contributed by atoms with Crippen molar-refractivity contribution in [3.05, 3.63) is 0 Å². The molecule has 0 aliphatic carbocycles. The molecule has 0 heterocycles. The number of carbonyl (C=O) groups excluding carboxylic acids is 1. The van der Waals surface area contributed by atoms with Crippen molar-refractivity contribution in [1.82, 2.24) is 0 Å². The van der Waals surface area contributed by atoms with Crippen LogP contribution in [0.4, 0.5) is 0 Å². The number of carbonyl (C=O) groups is 1. The zero-order valence-electron chi connectivity index (χ0n) is 7.00. The van der Waals surface area contributed by atoms with Crippen LogP contribution >= 0.6 is 24.0 Å². The van der Waals surface area contributed by atoms with Gasteiger partial charge in [-0.2, -0.15) is 0 Å². The van der Waals surface area contributed by atoms with E-state index in [0.29, 0.717) is 6.42 Å². The summed E-state index contributed by atoms with van der Waals surface area (Å²) in [5.74, 6) is -0.221. The van der Waals surface area contributed by atoms with E-state index in [1.807, 2.05) is 6.92 Å². The molecule has 0 fully saturated rings. The minimum atomic E-state index is -0.405. The minimum absolute atomic E-state index is 0. The highest BCUT2D eigenvalue weighted by Gasteiger charge is 2.04. The standard InChI is InChI=1S/C7H15NO2.HI/c1-3-5-6(8)10-7(9)4-2;/h6H,3-5,8H2,1-2H3;1H. The van der Waals surface area contributed by atoms with Crippen molar-refractivity contribution in [2.24, 2.45) is 5.73 Å². The third-order valence-corrected chi connectivity index (χ3v) is 1.14. The van der Waals surface area contributed by atoms with Crippen molar-refractivity contribution in [2.45, 2.75) is 39.3 Å². The molecule has 0 aromatic carbocycles. The van der Waals surface area contributed by atoms with Crippen molar-refractivity contribution in [2.75, 3.05) is 0 Å². The number of rotatable bonds is 4. The van der Waals surface area contributed by atoms with Gasteiger partial charge in [0.25, 0.3) is 0 Å². The highest BCUT2D eigenvalue weighted by molar-refractivity contribution is 14.0. The Morgan fingerprint density at radius 3 is 2.45 bits per heavy atom. The maximum atomic E-state index is 10.6. The molecule has 68 valence electrons. The fourth-order valence-corrected chi connectivity index (χ4v) is 0.596. The molecule has 0 spiro atoms. The lowest BCUT2D eigenvalue weighted by Crippen LogP contribution is -2.26. The maximum absolute atomic E-state index is 10.6. The van der Waals surface area contributed by atoms with E-state index in [9.17, 15) is 4.79 Å². The highest BCUT2D eigenvalue weighted by atomic mass is 127. The van der Waals surface area contributed by atoms with Crippen molar-refractivity contribution < 1.29 is 9.53 Å². The molecule has 1 unspecified atom stereocenters. The second-order valence-electron chi connectivity index (χ2n) is 2.17. The first kappa shape index (κ1) is 13.7. The van der Waals surface area contributed by atoms with Gasteiger partial charge in [-0.15, -0.1) is 24.0 Å². The van der Waals surface area contributed by atoms with Gasteiger partial charge in [-0.1, -0.05) is 20.3 Å². The van der Waals surface area contributed by atoms with Crippen LogP contribution in [-0.4, -0.2) is 12.2 Å². The van der Waals surface area contributed by atoms with Gasteiger partial charge in [0.05, 0.1) is 0 Å². The number of hydrogen-bond acceptors (Lipinski definition) is 3. The first-order valence-electron chi connectivity index (χ1n) is 3.65. The largest absolute Gasteiger partial charge is 0.447 e. The van der Waals surface area contributed by atoms with Crippen molar-refractivity contribution in [1.29, 1.82) is 0 Å². The van der Waals surface area contributed by atoms with E-state index >= 15 is 0 Å². The highest BCUT2D eigenvalue weighted by Crippen LogP contribution is 1.96. The molecule has 0 aromatic heterocycles. The average Bonchev–Trinajstić information content (AvgIpc) is 1.88. The molecular weight excluding hydrogens is 257 g/mol. The molecule has 0 radical (unpaired) electrons. The topological polar surface area (TPSA) is 52.3 Å². The lowest BCUT2D eigenvalue weighted by atomic mass is 10.3. The SMILES string of the molecule is CCCC(N)OC(=O)CC.I. The fourth-order valence-electron chi connectivity index (χ4n) is 0.596. The van der Waals surface area contributed by atoms with E-state index in [1.165, 1.54) is 0 Å². The fraction of sp³-hybridized carbons (Fsp3) is 0.857. The molecule has 0 bridgehead atoms. The summed E-state index contributed by atoms with van der Waals surface area (Å²) in [6, 6.07) is 0. The Kier molecular flexibility index (Phi) is 10.3. The summed E-state index contributed by atoms with van der Waals surface area (Å²) in [5.41, 5.74) is 5.42. The Balaban J connectivity index is 0. The van der Waals surface area contributed by atoms with Gasteiger partial charge in [0.15, 0.2) is 6.23 Å². The lowest BCUT2D eigenvalue weighted by molar-refractivity contribution is -0.148. The van der Waals surface area contributed by atoms with E-state index in [4.69, 9.17) is 10.5 Å². The monoisotopic (exact) mass is 273 g/mol. The van der Waals surface area contributed by atoms with Crippen LogP contribution in [0.1, 0.15) is 33.1 Å². The molecule has 0 aliphatic heterocycles. The van der Waals surface area contributed by atoms with Crippen LogP contribution < -0.4 is 5.73 Å². The quantitative estimate of drug-likeness (QED) is 0.481. The van der Waals surface area contributed by atoms with Gasteiger partial charge in [0.2, 0.25) is 0 Å². The van der Waals surface area contributed by atoms with Gasteiger partial charge in [0, 0.05) is 6.42 Å². The maximum Gasteiger partial charge on any atom is 0.307 e. The molecular formula is C7H16INO2.